The van der Waals surface area contributed by atoms with Gasteiger partial charge in [-0.1, -0.05) is 48.0 Å². The summed E-state index contributed by atoms with van der Waals surface area (Å²) in [4.78, 5) is 38.4. The molecule has 1 amide bonds. The second kappa shape index (κ2) is 11.4. The third-order valence-corrected chi connectivity index (χ3v) is 8.50. The summed E-state index contributed by atoms with van der Waals surface area (Å²) in [5.41, 5.74) is 0.429. The van der Waals surface area contributed by atoms with Gasteiger partial charge in [-0.05, 0) is 41.5 Å². The molecule has 0 N–H and O–H groups in total. The molecule has 2 unspecified atom stereocenters. The summed E-state index contributed by atoms with van der Waals surface area (Å²) in [6.45, 7) is -0.711. The number of methoxy groups -OCH3 is 2. The van der Waals surface area contributed by atoms with Gasteiger partial charge in [-0.3, -0.25) is 19.7 Å². The Morgan fingerprint density at radius 2 is 1.69 bits per heavy atom. The highest BCUT2D eigenvalue weighted by molar-refractivity contribution is 7.89. The minimum Gasteiger partial charge on any atom is -0.497 e. The molecule has 0 radical (unpaired) electrons. The molecule has 3 aromatic rings. The number of piperazine rings is 1. The molecule has 1 saturated heterocycles. The number of nitro benzene ring substituents is 1. The van der Waals surface area contributed by atoms with Gasteiger partial charge in [0.05, 0.1) is 31.7 Å². The van der Waals surface area contributed by atoms with Gasteiger partial charge in [0, 0.05) is 17.6 Å². The number of nitrogens with zero attached hydrogens (tertiary/aromatic N) is 3. The Labute approximate surface area is 229 Å². The highest BCUT2D eigenvalue weighted by Gasteiger charge is 2.51. The van der Waals surface area contributed by atoms with Crippen molar-refractivity contribution in [3.63, 3.8) is 0 Å². The van der Waals surface area contributed by atoms with Crippen molar-refractivity contribution in [1.82, 2.24) is 9.21 Å². The number of benzene rings is 3. The molecule has 39 heavy (non-hydrogen) atoms. The number of carbonyl (C=O) groups excluding carboxylic acids is 2. The van der Waals surface area contributed by atoms with Crippen LogP contribution in [0, 0.1) is 10.1 Å². The monoisotopic (exact) mass is 573 g/mol. The number of amides is 1. The molecular formula is C26H24ClN3O8S. The van der Waals surface area contributed by atoms with Crippen molar-refractivity contribution >= 4 is 39.2 Å². The topological polar surface area (TPSA) is 136 Å². The molecule has 13 heteroatoms. The minimum absolute atomic E-state index is 0.0307. The maximum Gasteiger partial charge on any atom is 0.326 e. The van der Waals surface area contributed by atoms with E-state index in [1.54, 1.807) is 48.5 Å². The lowest BCUT2D eigenvalue weighted by molar-refractivity contribution is -0.387. The zero-order valence-corrected chi connectivity index (χ0v) is 22.5. The maximum atomic E-state index is 13.9. The molecule has 3 aromatic carbocycles. The van der Waals surface area contributed by atoms with Gasteiger partial charge in [0.25, 0.3) is 15.7 Å². The van der Waals surface area contributed by atoms with Crippen LogP contribution in [0.2, 0.25) is 5.02 Å². The Morgan fingerprint density at radius 3 is 2.28 bits per heavy atom. The summed E-state index contributed by atoms with van der Waals surface area (Å²) in [7, 11) is -2.11. The number of rotatable bonds is 8. The molecule has 1 aliphatic rings. The molecule has 0 saturated carbocycles. The van der Waals surface area contributed by atoms with Gasteiger partial charge in [-0.25, -0.2) is 8.42 Å². The molecule has 2 atom stereocenters. The second-order valence-corrected chi connectivity index (χ2v) is 10.9. The fourth-order valence-electron chi connectivity index (χ4n) is 4.50. The molecule has 1 aliphatic heterocycles. The first kappa shape index (κ1) is 28.0. The molecule has 204 valence electrons. The van der Waals surface area contributed by atoms with E-state index in [0.29, 0.717) is 26.2 Å². The van der Waals surface area contributed by atoms with Gasteiger partial charge in [0.2, 0.25) is 5.91 Å². The van der Waals surface area contributed by atoms with Gasteiger partial charge in [0.15, 0.2) is 4.90 Å². The van der Waals surface area contributed by atoms with E-state index in [1.165, 1.54) is 24.1 Å². The highest BCUT2D eigenvalue weighted by atomic mass is 35.5. The van der Waals surface area contributed by atoms with Gasteiger partial charge >= 0.3 is 5.97 Å². The Hall–Kier alpha value is -4.00. The number of sulfonamides is 1. The number of ether oxygens (including phenoxy) is 2. The summed E-state index contributed by atoms with van der Waals surface area (Å²) in [6, 6.07) is 15.2. The first-order valence-corrected chi connectivity index (χ1v) is 13.4. The molecular weight excluding hydrogens is 550 g/mol. The molecule has 1 fully saturated rings. The Bertz CT molecular complexity index is 1500. The van der Waals surface area contributed by atoms with Crippen LogP contribution in [0.3, 0.4) is 0 Å². The molecule has 0 spiro atoms. The average molecular weight is 574 g/mol. The van der Waals surface area contributed by atoms with Crippen LogP contribution in [-0.2, 0) is 30.9 Å². The first-order chi connectivity index (χ1) is 18.6. The second-order valence-electron chi connectivity index (χ2n) is 8.61. The third-order valence-electron chi connectivity index (χ3n) is 6.37. The van der Waals surface area contributed by atoms with Crippen molar-refractivity contribution < 1.29 is 32.4 Å². The van der Waals surface area contributed by atoms with E-state index >= 15 is 0 Å². The van der Waals surface area contributed by atoms with Crippen molar-refractivity contribution in [1.29, 1.82) is 0 Å². The number of hydrogen-bond donors (Lipinski definition) is 0. The first-order valence-electron chi connectivity index (χ1n) is 11.6. The third kappa shape index (κ3) is 5.58. The maximum absolute atomic E-state index is 13.9. The van der Waals surface area contributed by atoms with E-state index in [1.807, 2.05) is 0 Å². The normalized spacial score (nSPS) is 18.0. The molecule has 4 rings (SSSR count). The van der Waals surface area contributed by atoms with E-state index in [0.717, 1.165) is 19.2 Å². The lowest BCUT2D eigenvalue weighted by atomic mass is 9.94. The van der Waals surface area contributed by atoms with Crippen LogP contribution in [0.1, 0.15) is 17.2 Å². The van der Waals surface area contributed by atoms with Crippen molar-refractivity contribution in [3.8, 4) is 5.75 Å². The molecule has 1 heterocycles. The van der Waals surface area contributed by atoms with Crippen molar-refractivity contribution in [3.05, 3.63) is 99.1 Å². The number of nitro groups is 1. The lowest BCUT2D eigenvalue weighted by Crippen LogP contribution is -2.61. The summed E-state index contributed by atoms with van der Waals surface area (Å²) in [6.07, 6.45) is 0. The Kier molecular flexibility index (Phi) is 8.19. The summed E-state index contributed by atoms with van der Waals surface area (Å²) in [5, 5.41) is 12.0. The zero-order valence-electron chi connectivity index (χ0n) is 20.9. The predicted molar refractivity (Wildman–Crippen MR) is 141 cm³/mol. The average Bonchev–Trinajstić information content (AvgIpc) is 2.94. The SMILES string of the molecule is COC(=O)C1C(c2ccc(Cl)cc2)N(Cc2ccc(OC)cc2)C(=O)CN1S(=O)(=O)c1ccccc1[N+](=O)[O-]. The summed E-state index contributed by atoms with van der Waals surface area (Å²) in [5.74, 6) is -0.954. The van der Waals surface area contributed by atoms with Crippen molar-refractivity contribution in [2.75, 3.05) is 20.8 Å². The molecule has 11 nitrogen and oxygen atoms in total. The molecule has 0 aromatic heterocycles. The Morgan fingerprint density at radius 1 is 1.05 bits per heavy atom. The van der Waals surface area contributed by atoms with Crippen LogP contribution in [0.25, 0.3) is 0 Å². The van der Waals surface area contributed by atoms with E-state index in [2.05, 4.69) is 0 Å². The fourth-order valence-corrected chi connectivity index (χ4v) is 6.31. The van der Waals surface area contributed by atoms with Crippen LogP contribution >= 0.6 is 11.6 Å². The standard InChI is InChI=1S/C26H24ClN3O8S/c1-37-20-13-7-17(8-14-20)15-28-23(31)16-29(39(35,36)22-6-4-3-5-21(22)30(33)34)25(26(32)38-2)24(28)18-9-11-19(27)12-10-18/h3-14,24-25H,15-16H2,1-2H3. The smallest absolute Gasteiger partial charge is 0.326 e. The van der Waals surface area contributed by atoms with Crippen LogP contribution < -0.4 is 4.74 Å². The van der Waals surface area contributed by atoms with E-state index < -0.39 is 56.0 Å². The van der Waals surface area contributed by atoms with Crippen LogP contribution in [0.15, 0.2) is 77.7 Å². The Balaban J connectivity index is 1.87. The van der Waals surface area contributed by atoms with Gasteiger partial charge in [-0.2, -0.15) is 4.31 Å². The largest absolute Gasteiger partial charge is 0.497 e. The van der Waals surface area contributed by atoms with Gasteiger partial charge in [0.1, 0.15) is 11.8 Å². The fraction of sp³-hybridized carbons (Fsp3) is 0.231. The predicted octanol–water partition coefficient (Wildman–Crippen LogP) is 3.57. The van der Waals surface area contributed by atoms with Gasteiger partial charge in [-0.15, -0.1) is 0 Å². The van der Waals surface area contributed by atoms with Crippen molar-refractivity contribution in [2.24, 2.45) is 0 Å². The van der Waals surface area contributed by atoms with Crippen LogP contribution in [0.4, 0.5) is 5.69 Å². The number of halogens is 1. The van der Waals surface area contributed by atoms with E-state index in [-0.39, 0.29) is 6.54 Å². The van der Waals surface area contributed by atoms with Gasteiger partial charge < -0.3 is 14.4 Å². The molecule has 0 bridgehead atoms. The van der Waals surface area contributed by atoms with Crippen molar-refractivity contribution in [2.45, 2.75) is 23.5 Å². The zero-order chi connectivity index (χ0) is 28.3. The quantitative estimate of drug-likeness (QED) is 0.227. The highest BCUT2D eigenvalue weighted by Crippen LogP contribution is 2.38. The number of hydrogen-bond acceptors (Lipinski definition) is 8. The number of carbonyl (C=O) groups is 2. The summed E-state index contributed by atoms with van der Waals surface area (Å²) < 4.78 is 38.6. The lowest BCUT2D eigenvalue weighted by Gasteiger charge is -2.45. The number of para-hydroxylation sites is 1. The van der Waals surface area contributed by atoms with Crippen LogP contribution in [-0.4, -0.2) is 61.2 Å². The molecule has 0 aliphatic carbocycles. The van der Waals surface area contributed by atoms with E-state index in [4.69, 9.17) is 21.1 Å². The summed E-state index contributed by atoms with van der Waals surface area (Å²) >= 11 is 6.07. The van der Waals surface area contributed by atoms with E-state index in [9.17, 15) is 28.1 Å². The minimum atomic E-state index is -4.73. The number of esters is 1. The van der Waals surface area contributed by atoms with Crippen LogP contribution in [0.5, 0.6) is 5.75 Å².